The van der Waals surface area contributed by atoms with Crippen molar-refractivity contribution < 1.29 is 4.39 Å². The van der Waals surface area contributed by atoms with Gasteiger partial charge in [-0.1, -0.05) is 54.1 Å². The van der Waals surface area contributed by atoms with Crippen molar-refractivity contribution in [1.82, 2.24) is 9.55 Å². The zero-order chi connectivity index (χ0) is 15.0. The molecule has 0 saturated heterocycles. The van der Waals surface area contributed by atoms with Crippen LogP contribution in [-0.2, 0) is 6.54 Å². The van der Waals surface area contributed by atoms with Gasteiger partial charge in [0.1, 0.15) is 0 Å². The number of rotatable bonds is 2. The molecule has 0 spiro atoms. The Morgan fingerprint density at radius 2 is 1.81 bits per heavy atom. The maximum atomic E-state index is 13.6. The molecular formula is C15H10ClFN2O2. The quantitative estimate of drug-likeness (QED) is 0.740. The lowest BCUT2D eigenvalue weighted by molar-refractivity contribution is 0.558. The second kappa shape index (κ2) is 5.18. The number of fused-ring (bicyclic) bond motifs is 1. The first-order chi connectivity index (χ1) is 10.1. The second-order valence-corrected chi connectivity index (χ2v) is 4.97. The summed E-state index contributed by atoms with van der Waals surface area (Å²) in [5.74, 6) is -1.16. The Morgan fingerprint density at radius 1 is 1.10 bits per heavy atom. The third-order valence-corrected chi connectivity index (χ3v) is 3.56. The van der Waals surface area contributed by atoms with Crippen molar-refractivity contribution in [2.75, 3.05) is 0 Å². The fourth-order valence-corrected chi connectivity index (χ4v) is 2.43. The molecule has 0 unspecified atom stereocenters. The van der Waals surface area contributed by atoms with E-state index >= 15 is 0 Å². The van der Waals surface area contributed by atoms with Gasteiger partial charge in [0.2, 0.25) is 5.82 Å². The first kappa shape index (κ1) is 13.6. The van der Waals surface area contributed by atoms with Crippen LogP contribution in [0.2, 0.25) is 5.15 Å². The van der Waals surface area contributed by atoms with Crippen LogP contribution in [0.5, 0.6) is 0 Å². The van der Waals surface area contributed by atoms with E-state index in [0.717, 1.165) is 20.9 Å². The number of aromatic nitrogens is 2. The standard InChI is InChI=1S/C15H10ClFN2O2/c16-13-12(17)14(20)19(15(21)18-13)8-10-6-3-5-9-4-1-2-7-11(9)10/h1-7H,8H2,(H,18,21). The molecule has 0 atom stereocenters. The van der Waals surface area contributed by atoms with Crippen molar-refractivity contribution in [2.24, 2.45) is 0 Å². The summed E-state index contributed by atoms with van der Waals surface area (Å²) in [5, 5.41) is 1.31. The van der Waals surface area contributed by atoms with Gasteiger partial charge in [-0.15, -0.1) is 0 Å². The molecule has 3 aromatic rings. The summed E-state index contributed by atoms with van der Waals surface area (Å²) >= 11 is 5.45. The van der Waals surface area contributed by atoms with Gasteiger partial charge >= 0.3 is 5.69 Å². The van der Waals surface area contributed by atoms with Gasteiger partial charge in [-0.3, -0.25) is 14.3 Å². The van der Waals surface area contributed by atoms with Crippen LogP contribution in [0, 0.1) is 5.82 Å². The largest absolute Gasteiger partial charge is 0.329 e. The van der Waals surface area contributed by atoms with Gasteiger partial charge in [0.15, 0.2) is 5.15 Å². The zero-order valence-electron chi connectivity index (χ0n) is 10.8. The van der Waals surface area contributed by atoms with E-state index in [9.17, 15) is 14.0 Å². The highest BCUT2D eigenvalue weighted by Gasteiger charge is 2.13. The van der Waals surface area contributed by atoms with Crippen molar-refractivity contribution in [3.8, 4) is 0 Å². The van der Waals surface area contributed by atoms with E-state index in [0.29, 0.717) is 0 Å². The third kappa shape index (κ3) is 2.36. The predicted molar refractivity (Wildman–Crippen MR) is 79.3 cm³/mol. The molecule has 0 aliphatic rings. The van der Waals surface area contributed by atoms with Crippen molar-refractivity contribution in [3.63, 3.8) is 0 Å². The number of H-pyrrole nitrogens is 1. The van der Waals surface area contributed by atoms with E-state index < -0.39 is 22.2 Å². The lowest BCUT2D eigenvalue weighted by Gasteiger charge is -2.08. The highest BCUT2D eigenvalue weighted by Crippen LogP contribution is 2.18. The molecule has 0 aliphatic carbocycles. The number of nitrogens with one attached hydrogen (secondary N) is 1. The van der Waals surface area contributed by atoms with Gasteiger partial charge < -0.3 is 0 Å². The Balaban J connectivity index is 2.18. The average Bonchev–Trinajstić information content (AvgIpc) is 2.49. The molecule has 4 nitrogen and oxygen atoms in total. The maximum absolute atomic E-state index is 13.6. The van der Waals surface area contributed by atoms with Crippen LogP contribution in [-0.4, -0.2) is 9.55 Å². The van der Waals surface area contributed by atoms with Crippen LogP contribution in [0.25, 0.3) is 10.8 Å². The first-order valence-electron chi connectivity index (χ1n) is 6.22. The van der Waals surface area contributed by atoms with Crippen LogP contribution in [0.4, 0.5) is 4.39 Å². The monoisotopic (exact) mass is 304 g/mol. The Morgan fingerprint density at radius 3 is 2.62 bits per heavy atom. The van der Waals surface area contributed by atoms with Crippen LogP contribution in [0.1, 0.15) is 5.56 Å². The molecule has 0 saturated carbocycles. The topological polar surface area (TPSA) is 54.9 Å². The smallest absolute Gasteiger partial charge is 0.295 e. The Kier molecular flexibility index (Phi) is 3.35. The molecule has 1 aromatic heterocycles. The number of hydrogen-bond donors (Lipinski definition) is 1. The van der Waals surface area contributed by atoms with Crippen molar-refractivity contribution in [1.29, 1.82) is 0 Å². The fraction of sp³-hybridized carbons (Fsp3) is 0.0667. The van der Waals surface area contributed by atoms with E-state index in [2.05, 4.69) is 4.98 Å². The maximum Gasteiger partial charge on any atom is 0.329 e. The normalized spacial score (nSPS) is 11.0. The number of hydrogen-bond acceptors (Lipinski definition) is 2. The molecule has 106 valence electrons. The average molecular weight is 305 g/mol. The third-order valence-electron chi connectivity index (χ3n) is 3.30. The van der Waals surface area contributed by atoms with Crippen LogP contribution < -0.4 is 11.2 Å². The van der Waals surface area contributed by atoms with Crippen LogP contribution in [0.15, 0.2) is 52.1 Å². The summed E-state index contributed by atoms with van der Waals surface area (Å²) in [6, 6.07) is 13.1. The Hall–Kier alpha value is -2.40. The summed E-state index contributed by atoms with van der Waals surface area (Å²) < 4.78 is 14.3. The van der Waals surface area contributed by atoms with E-state index in [1.165, 1.54) is 0 Å². The molecule has 3 rings (SSSR count). The molecule has 0 aliphatic heterocycles. The van der Waals surface area contributed by atoms with Crippen LogP contribution >= 0.6 is 11.6 Å². The van der Waals surface area contributed by atoms with Crippen LogP contribution in [0.3, 0.4) is 0 Å². The summed E-state index contributed by atoms with van der Waals surface area (Å²) in [5.41, 5.74) is -1.02. The molecule has 0 amide bonds. The molecule has 2 aromatic carbocycles. The van der Waals surface area contributed by atoms with Gasteiger partial charge in [0.25, 0.3) is 5.56 Å². The molecule has 0 bridgehead atoms. The lowest BCUT2D eigenvalue weighted by Crippen LogP contribution is -2.37. The summed E-state index contributed by atoms with van der Waals surface area (Å²) in [6.45, 7) is -0.0242. The number of benzene rings is 2. The molecule has 0 radical (unpaired) electrons. The van der Waals surface area contributed by atoms with E-state index in [-0.39, 0.29) is 6.54 Å². The zero-order valence-corrected chi connectivity index (χ0v) is 11.5. The fourth-order valence-electron chi connectivity index (χ4n) is 2.27. The summed E-state index contributed by atoms with van der Waals surface area (Å²) in [6.07, 6.45) is 0. The summed E-state index contributed by atoms with van der Waals surface area (Å²) in [4.78, 5) is 25.8. The SMILES string of the molecule is O=c1[nH]c(Cl)c(F)c(=O)n1Cc1cccc2ccccc12. The molecule has 21 heavy (non-hydrogen) atoms. The predicted octanol–water partition coefficient (Wildman–Crippen LogP) is 2.53. The van der Waals surface area contributed by atoms with Gasteiger partial charge in [-0.05, 0) is 16.3 Å². The molecule has 1 heterocycles. The number of aromatic amines is 1. The van der Waals surface area contributed by atoms with Crippen molar-refractivity contribution >= 4 is 22.4 Å². The molecule has 6 heteroatoms. The van der Waals surface area contributed by atoms with E-state index in [4.69, 9.17) is 11.6 Å². The van der Waals surface area contributed by atoms with Crippen molar-refractivity contribution in [2.45, 2.75) is 6.54 Å². The second-order valence-electron chi connectivity index (χ2n) is 4.59. The first-order valence-corrected chi connectivity index (χ1v) is 6.60. The Labute approximate surface area is 123 Å². The minimum absolute atomic E-state index is 0.0242. The number of halogens is 2. The minimum atomic E-state index is -1.16. The molecule has 0 fully saturated rings. The minimum Gasteiger partial charge on any atom is -0.295 e. The summed E-state index contributed by atoms with van der Waals surface area (Å²) in [7, 11) is 0. The lowest BCUT2D eigenvalue weighted by atomic mass is 10.0. The number of nitrogens with zero attached hydrogens (tertiary/aromatic N) is 1. The van der Waals surface area contributed by atoms with Gasteiger partial charge in [-0.25, -0.2) is 4.79 Å². The van der Waals surface area contributed by atoms with Gasteiger partial charge in [0.05, 0.1) is 6.54 Å². The molecule has 1 N–H and O–H groups in total. The van der Waals surface area contributed by atoms with Crippen molar-refractivity contribution in [3.05, 3.63) is 79.8 Å². The van der Waals surface area contributed by atoms with Gasteiger partial charge in [0, 0.05) is 0 Å². The van der Waals surface area contributed by atoms with Gasteiger partial charge in [-0.2, -0.15) is 4.39 Å². The van der Waals surface area contributed by atoms with E-state index in [1.807, 2.05) is 36.4 Å². The highest BCUT2D eigenvalue weighted by molar-refractivity contribution is 6.29. The van der Waals surface area contributed by atoms with E-state index in [1.54, 1.807) is 6.07 Å². The Bertz CT molecular complexity index is 941. The highest BCUT2D eigenvalue weighted by atomic mass is 35.5. The molecular weight excluding hydrogens is 295 g/mol.